The van der Waals surface area contributed by atoms with Crippen LogP contribution in [0, 0.1) is 0 Å². The zero-order valence-electron chi connectivity index (χ0n) is 48.9. The molecule has 2 aliphatic heterocycles. The molecule has 2 saturated heterocycles. The Morgan fingerprint density at radius 3 is 0.988 bits per heavy atom. The van der Waals surface area contributed by atoms with Gasteiger partial charge in [0.1, 0.15) is 13.2 Å². The van der Waals surface area contributed by atoms with E-state index >= 15 is 0 Å². The normalized spacial score (nSPS) is 15.7. The van der Waals surface area contributed by atoms with E-state index in [0.29, 0.717) is 141 Å². The first kappa shape index (κ1) is 60.3. The molecule has 9 rings (SSSR count). The summed E-state index contributed by atoms with van der Waals surface area (Å²) in [7, 11) is 9.81. The highest BCUT2D eigenvalue weighted by Gasteiger charge is 2.24. The molecule has 1 aliphatic carbocycles. The molecule has 3 aliphatic rings. The molecule has 2 atom stereocenters. The van der Waals surface area contributed by atoms with Gasteiger partial charge in [-0.1, -0.05) is 18.2 Å². The van der Waals surface area contributed by atoms with Crippen molar-refractivity contribution in [3.8, 4) is 69.0 Å². The lowest BCUT2D eigenvalue weighted by molar-refractivity contribution is -0.169. The SMILES string of the molecule is COc1cc(COC2CCCCO2)ccc1OCCCOc1cc2c(cc1OC)Cc1cc(OCCOc3ccc(CO)cc3OC)c(OC)cc1Cc1cc(OCCCOc3ccc(COC4CCCCO4)cc3OC)c(OC)cc1C2. The molecule has 2 fully saturated rings. The zero-order chi connectivity index (χ0) is 57.8. The molecule has 0 bridgehead atoms. The van der Waals surface area contributed by atoms with E-state index in [1.807, 2.05) is 36.4 Å². The van der Waals surface area contributed by atoms with E-state index in [4.69, 9.17) is 75.8 Å². The predicted octanol–water partition coefficient (Wildman–Crippen LogP) is 11.6. The maximum atomic E-state index is 9.63. The topological polar surface area (TPSA) is 168 Å². The van der Waals surface area contributed by atoms with Crippen molar-refractivity contribution in [2.75, 3.05) is 95.5 Å². The Balaban J connectivity index is 0.908. The lowest BCUT2D eigenvalue weighted by Gasteiger charge is -2.22. The number of hydrogen-bond acceptors (Lipinski definition) is 17. The number of aliphatic hydroxyl groups excluding tert-OH is 1. The zero-order valence-corrected chi connectivity index (χ0v) is 48.9. The fourth-order valence-corrected chi connectivity index (χ4v) is 10.3. The van der Waals surface area contributed by atoms with Crippen molar-refractivity contribution in [1.82, 2.24) is 0 Å². The number of ether oxygens (including phenoxy) is 16. The van der Waals surface area contributed by atoms with Gasteiger partial charge in [0.15, 0.2) is 81.6 Å². The predicted molar refractivity (Wildman–Crippen MR) is 311 cm³/mol. The van der Waals surface area contributed by atoms with Crippen LogP contribution in [0.5, 0.6) is 69.0 Å². The van der Waals surface area contributed by atoms with Crippen LogP contribution >= 0.6 is 0 Å². The molecule has 0 saturated carbocycles. The molecule has 0 radical (unpaired) electrons. The molecule has 83 heavy (non-hydrogen) atoms. The van der Waals surface area contributed by atoms with E-state index < -0.39 is 0 Å². The lowest BCUT2D eigenvalue weighted by Crippen LogP contribution is -2.22. The van der Waals surface area contributed by atoms with Crippen molar-refractivity contribution >= 4 is 0 Å². The number of aliphatic hydroxyl groups is 1. The largest absolute Gasteiger partial charge is 0.493 e. The average Bonchev–Trinajstić information content (AvgIpc) is 3.83. The Labute approximate surface area is 487 Å². The quantitative estimate of drug-likeness (QED) is 0.0422. The maximum Gasteiger partial charge on any atom is 0.161 e. The third-order valence-electron chi connectivity index (χ3n) is 14.8. The summed E-state index contributed by atoms with van der Waals surface area (Å²) in [5.74, 6) is 7.29. The summed E-state index contributed by atoms with van der Waals surface area (Å²) >= 11 is 0. The van der Waals surface area contributed by atoms with Gasteiger partial charge < -0.3 is 80.9 Å². The van der Waals surface area contributed by atoms with E-state index in [-0.39, 0.29) is 32.4 Å². The summed E-state index contributed by atoms with van der Waals surface area (Å²) in [5, 5.41) is 9.63. The van der Waals surface area contributed by atoms with Gasteiger partial charge in [-0.15, -0.1) is 0 Å². The van der Waals surface area contributed by atoms with Gasteiger partial charge >= 0.3 is 0 Å². The second-order valence-corrected chi connectivity index (χ2v) is 20.5. The van der Waals surface area contributed by atoms with Crippen LogP contribution in [0.4, 0.5) is 0 Å². The molecule has 17 nitrogen and oxygen atoms in total. The summed E-state index contributed by atoms with van der Waals surface area (Å²) in [6, 6.07) is 29.5. The van der Waals surface area contributed by atoms with Crippen molar-refractivity contribution in [1.29, 1.82) is 0 Å². The second-order valence-electron chi connectivity index (χ2n) is 20.5. The van der Waals surface area contributed by atoms with Crippen molar-refractivity contribution < 1.29 is 80.9 Å². The summed E-state index contributed by atoms with van der Waals surface area (Å²) < 4.78 is 96.5. The number of hydrogen-bond donors (Lipinski definition) is 1. The van der Waals surface area contributed by atoms with Crippen LogP contribution in [-0.2, 0) is 58.0 Å². The molecule has 0 spiro atoms. The monoisotopic (exact) mass is 1140 g/mol. The van der Waals surface area contributed by atoms with Crippen LogP contribution in [0.15, 0.2) is 91.0 Å². The minimum absolute atomic E-state index is 0.103. The molecule has 2 unspecified atom stereocenters. The van der Waals surface area contributed by atoms with Crippen LogP contribution in [-0.4, -0.2) is 113 Å². The fraction of sp³-hybridized carbons (Fsp3) is 0.455. The van der Waals surface area contributed by atoms with E-state index in [1.54, 1.807) is 60.9 Å². The molecule has 446 valence electrons. The Bertz CT molecular complexity index is 2930. The van der Waals surface area contributed by atoms with Crippen LogP contribution < -0.4 is 56.8 Å². The number of fused-ring (bicyclic) bond motifs is 3. The summed E-state index contributed by atoms with van der Waals surface area (Å²) in [5.41, 5.74) is 9.03. The molecule has 1 N–H and O–H groups in total. The Hall–Kier alpha value is -7.28. The fourth-order valence-electron chi connectivity index (χ4n) is 10.3. The molecule has 6 aromatic carbocycles. The molecular formula is C66H80O17. The van der Waals surface area contributed by atoms with Gasteiger partial charge in [-0.2, -0.15) is 0 Å². The Morgan fingerprint density at radius 2 is 0.651 bits per heavy atom. The van der Waals surface area contributed by atoms with Crippen LogP contribution in [0.2, 0.25) is 0 Å². The Morgan fingerprint density at radius 1 is 0.349 bits per heavy atom. The minimum Gasteiger partial charge on any atom is -0.493 e. The molecule has 0 amide bonds. The maximum absolute atomic E-state index is 9.63. The smallest absolute Gasteiger partial charge is 0.161 e. The van der Waals surface area contributed by atoms with Gasteiger partial charge in [0.2, 0.25) is 0 Å². The molecule has 0 aromatic heterocycles. The summed E-state index contributed by atoms with van der Waals surface area (Å²) in [6.45, 7) is 4.23. The standard InChI is InChI=1S/C66H80O17/c1-68-56-29-44(41-67)15-18-55(56)78-27-28-79-64-40-52-34-48-36-60(72-5)62(76-25-11-23-74-53-19-16-45(30-57(53)69-2)42-82-65-13-7-9-21-80-65)38-50(48)32-47-35-59(71-4)63(39-51(47)33-49(52)37-61(64)73-6)77-26-12-24-75-54-20-17-46(31-58(54)70-3)43-83-66-14-8-10-22-81-66/h15-20,29-31,35-40,65-67H,7-14,21-28,32-34,41-43H2,1-6H3. The highest BCUT2D eigenvalue weighted by Crippen LogP contribution is 2.42. The lowest BCUT2D eigenvalue weighted by atomic mass is 9.94. The first-order valence-corrected chi connectivity index (χ1v) is 28.7. The summed E-state index contributed by atoms with van der Waals surface area (Å²) in [6.07, 6.45) is 8.72. The van der Waals surface area contributed by atoms with Gasteiger partial charge in [-0.25, -0.2) is 0 Å². The van der Waals surface area contributed by atoms with Crippen molar-refractivity contribution in [2.45, 2.75) is 103 Å². The number of benzene rings is 6. The van der Waals surface area contributed by atoms with Gasteiger partial charge in [-0.05, 0) is 181 Å². The van der Waals surface area contributed by atoms with Gasteiger partial charge in [0.25, 0.3) is 0 Å². The summed E-state index contributed by atoms with van der Waals surface area (Å²) in [4.78, 5) is 0. The molecule has 2 heterocycles. The van der Waals surface area contributed by atoms with Crippen LogP contribution in [0.1, 0.15) is 101 Å². The van der Waals surface area contributed by atoms with Gasteiger partial charge in [0.05, 0.1) is 88.9 Å². The van der Waals surface area contributed by atoms with Crippen molar-refractivity contribution in [3.63, 3.8) is 0 Å². The van der Waals surface area contributed by atoms with Gasteiger partial charge in [-0.3, -0.25) is 0 Å². The number of rotatable bonds is 30. The van der Waals surface area contributed by atoms with E-state index in [0.717, 1.165) is 102 Å². The highest BCUT2D eigenvalue weighted by molar-refractivity contribution is 5.58. The van der Waals surface area contributed by atoms with Crippen molar-refractivity contribution in [2.24, 2.45) is 0 Å². The van der Waals surface area contributed by atoms with Crippen LogP contribution in [0.25, 0.3) is 0 Å². The third-order valence-corrected chi connectivity index (χ3v) is 14.8. The third kappa shape index (κ3) is 16.5. The van der Waals surface area contributed by atoms with E-state index in [1.165, 1.54) is 0 Å². The first-order chi connectivity index (χ1) is 40.8. The number of methoxy groups -OCH3 is 6. The molecule has 17 heteroatoms. The molecule has 6 aromatic rings. The average molecular weight is 1150 g/mol. The van der Waals surface area contributed by atoms with Gasteiger partial charge in [0, 0.05) is 26.1 Å². The highest BCUT2D eigenvalue weighted by atomic mass is 16.7. The van der Waals surface area contributed by atoms with Crippen LogP contribution in [0.3, 0.4) is 0 Å². The Kier molecular flexibility index (Phi) is 22.4. The molecular weight excluding hydrogens is 1060 g/mol. The second kappa shape index (κ2) is 30.9. The minimum atomic E-state index is -0.174. The van der Waals surface area contributed by atoms with E-state index in [2.05, 4.69) is 36.4 Å². The van der Waals surface area contributed by atoms with E-state index in [9.17, 15) is 5.11 Å². The van der Waals surface area contributed by atoms with Crippen molar-refractivity contribution in [3.05, 3.63) is 141 Å². The first-order valence-electron chi connectivity index (χ1n) is 28.7.